The molecular weight excluding hydrogens is 462 g/mol. The second kappa shape index (κ2) is 8.54. The van der Waals surface area contributed by atoms with Crippen LogP contribution in [0.1, 0.15) is 18.1 Å². The topological polar surface area (TPSA) is 150 Å². The predicted molar refractivity (Wildman–Crippen MR) is 104 cm³/mol. The number of hydrogen-bond donors (Lipinski definition) is 3. The van der Waals surface area contributed by atoms with E-state index < -0.39 is 66.4 Å². The van der Waals surface area contributed by atoms with Crippen molar-refractivity contribution >= 4 is 53.4 Å². The van der Waals surface area contributed by atoms with Gasteiger partial charge in [-0.25, -0.2) is 9.59 Å². The number of ether oxygens (including phenoxy) is 1. The molecular formula is C19H17F3N3NaO7. The fourth-order valence-corrected chi connectivity index (χ4v) is 4.68. The second-order valence-electron chi connectivity index (χ2n) is 7.65. The Morgan fingerprint density at radius 3 is 2.30 bits per heavy atom. The molecule has 10 nitrogen and oxygen atoms in total. The van der Waals surface area contributed by atoms with Gasteiger partial charge >= 0.3 is 53.7 Å². The molecule has 2 saturated heterocycles. The Morgan fingerprint density at radius 1 is 1.18 bits per heavy atom. The number of halogens is 3. The number of nitrogens with zero attached hydrogens (tertiary/aromatic N) is 2. The number of nitrogens with two attached hydrogens (primary N) is 1. The number of alkyl halides is 3. The van der Waals surface area contributed by atoms with Crippen molar-refractivity contribution in [2.45, 2.75) is 30.8 Å². The normalized spacial score (nSPS) is 24.5. The van der Waals surface area contributed by atoms with E-state index in [0.29, 0.717) is 4.90 Å². The summed E-state index contributed by atoms with van der Waals surface area (Å²) in [5, 5.41) is 19.3. The molecule has 1 unspecified atom stereocenters. The SMILES string of the molecule is NC(=O)OC(C1=C(C(=O)O)N2C(=O)[C@@H]3[C@H]2[C@H](C1)CN3C(=O)C(F)(F)F)c1ccc(O)cc1.[NaH]. The minimum absolute atomic E-state index is 0. The summed E-state index contributed by atoms with van der Waals surface area (Å²) in [4.78, 5) is 49.3. The zero-order valence-electron chi connectivity index (χ0n) is 16.1. The van der Waals surface area contributed by atoms with Gasteiger partial charge in [0.25, 0.3) is 5.91 Å². The number of carboxylic acids is 1. The Bertz CT molecular complexity index is 1060. The molecule has 3 heterocycles. The summed E-state index contributed by atoms with van der Waals surface area (Å²) >= 11 is 0. The molecule has 0 aliphatic carbocycles. The van der Waals surface area contributed by atoms with Crippen LogP contribution < -0.4 is 5.73 Å². The van der Waals surface area contributed by atoms with Gasteiger partial charge in [0, 0.05) is 18.0 Å². The number of primary amides is 1. The van der Waals surface area contributed by atoms with E-state index in [1.165, 1.54) is 24.3 Å². The number of hydrogen-bond acceptors (Lipinski definition) is 6. The molecule has 2 fully saturated rings. The van der Waals surface area contributed by atoms with Crippen molar-refractivity contribution < 1.29 is 47.3 Å². The van der Waals surface area contributed by atoms with Crippen LogP contribution in [0.4, 0.5) is 18.0 Å². The molecule has 3 aliphatic heterocycles. The number of benzene rings is 1. The van der Waals surface area contributed by atoms with Crippen LogP contribution in [0.15, 0.2) is 35.5 Å². The van der Waals surface area contributed by atoms with Gasteiger partial charge < -0.3 is 25.6 Å². The van der Waals surface area contributed by atoms with Crippen LogP contribution in [-0.4, -0.2) is 98.3 Å². The van der Waals surface area contributed by atoms with Gasteiger partial charge in [0.05, 0.1) is 6.04 Å². The van der Waals surface area contributed by atoms with Gasteiger partial charge in [-0.2, -0.15) is 13.2 Å². The van der Waals surface area contributed by atoms with E-state index in [0.717, 1.165) is 4.90 Å². The van der Waals surface area contributed by atoms with E-state index in [1.807, 2.05) is 0 Å². The molecule has 3 aliphatic rings. The Balaban J connectivity index is 0.00000306. The van der Waals surface area contributed by atoms with Crippen LogP contribution in [0.3, 0.4) is 0 Å². The summed E-state index contributed by atoms with van der Waals surface area (Å²) in [5.41, 5.74) is 4.77. The Hall–Kier alpha value is -2.77. The number of likely N-dealkylation sites (tertiary alicyclic amines) is 1. The van der Waals surface area contributed by atoms with E-state index in [1.54, 1.807) is 0 Å². The summed E-state index contributed by atoms with van der Waals surface area (Å²) in [6, 6.07) is 2.85. The van der Waals surface area contributed by atoms with Crippen molar-refractivity contribution in [3.8, 4) is 5.75 Å². The third kappa shape index (κ3) is 4.04. The van der Waals surface area contributed by atoms with Crippen LogP contribution in [-0.2, 0) is 19.1 Å². The van der Waals surface area contributed by atoms with Crippen molar-refractivity contribution in [1.82, 2.24) is 9.80 Å². The first-order valence-electron chi connectivity index (χ1n) is 9.34. The fraction of sp³-hybridized carbons (Fsp3) is 0.368. The van der Waals surface area contributed by atoms with Crippen molar-refractivity contribution in [2.24, 2.45) is 11.7 Å². The molecule has 4 atom stereocenters. The third-order valence-corrected chi connectivity index (χ3v) is 5.84. The fourth-order valence-electron chi connectivity index (χ4n) is 4.68. The van der Waals surface area contributed by atoms with E-state index in [-0.39, 0.29) is 52.9 Å². The number of carbonyl (C=O) groups excluding carboxylic acids is 3. The number of β-lactam (4-membered cyclic amide) rings is 1. The third-order valence-electron chi connectivity index (χ3n) is 5.84. The molecule has 0 radical (unpaired) electrons. The molecule has 1 aromatic rings. The number of aliphatic carboxylic acids is 1. The maximum atomic E-state index is 13.0. The van der Waals surface area contributed by atoms with Crippen LogP contribution >= 0.6 is 0 Å². The van der Waals surface area contributed by atoms with Crippen molar-refractivity contribution in [3.05, 3.63) is 41.1 Å². The first kappa shape index (κ1) is 24.9. The number of rotatable bonds is 4. The van der Waals surface area contributed by atoms with Gasteiger partial charge in [-0.05, 0) is 24.1 Å². The molecule has 4 N–H and O–H groups in total. The van der Waals surface area contributed by atoms with Crippen LogP contribution in [0.5, 0.6) is 5.75 Å². The number of amides is 3. The average Bonchev–Trinajstić information content (AvgIpc) is 3.06. The summed E-state index contributed by atoms with van der Waals surface area (Å²) in [6.07, 6.45) is -7.98. The monoisotopic (exact) mass is 479 g/mol. The molecule has 33 heavy (non-hydrogen) atoms. The quantitative estimate of drug-likeness (QED) is 0.413. The van der Waals surface area contributed by atoms with E-state index in [4.69, 9.17) is 10.5 Å². The maximum absolute atomic E-state index is 13.0. The van der Waals surface area contributed by atoms with Crippen LogP contribution in [0.25, 0.3) is 0 Å². The van der Waals surface area contributed by atoms with Gasteiger partial charge in [0.15, 0.2) is 6.10 Å². The van der Waals surface area contributed by atoms with Crippen molar-refractivity contribution in [2.75, 3.05) is 6.54 Å². The van der Waals surface area contributed by atoms with Crippen molar-refractivity contribution in [1.29, 1.82) is 0 Å². The van der Waals surface area contributed by atoms with E-state index in [2.05, 4.69) is 0 Å². The molecule has 4 rings (SSSR count). The Kier molecular flexibility index (Phi) is 6.43. The summed E-state index contributed by atoms with van der Waals surface area (Å²) in [7, 11) is 0. The summed E-state index contributed by atoms with van der Waals surface area (Å²) in [5.74, 6) is -5.53. The van der Waals surface area contributed by atoms with Crippen molar-refractivity contribution in [3.63, 3.8) is 0 Å². The zero-order valence-corrected chi connectivity index (χ0v) is 16.1. The Labute approximate surface area is 206 Å². The average molecular weight is 479 g/mol. The Morgan fingerprint density at radius 2 is 1.79 bits per heavy atom. The van der Waals surface area contributed by atoms with E-state index >= 15 is 0 Å². The number of carbonyl (C=O) groups is 4. The van der Waals surface area contributed by atoms with Crippen LogP contribution in [0, 0.1) is 5.92 Å². The van der Waals surface area contributed by atoms with Crippen LogP contribution in [0.2, 0.25) is 0 Å². The predicted octanol–water partition coefficient (Wildman–Crippen LogP) is 0.223. The van der Waals surface area contributed by atoms with Gasteiger partial charge in [-0.15, -0.1) is 0 Å². The van der Waals surface area contributed by atoms with Gasteiger partial charge in [0.2, 0.25) is 0 Å². The molecule has 0 saturated carbocycles. The van der Waals surface area contributed by atoms with Gasteiger partial charge in [-0.1, -0.05) is 12.1 Å². The summed E-state index contributed by atoms with van der Waals surface area (Å²) < 4.78 is 44.1. The first-order chi connectivity index (χ1) is 14.9. The molecule has 14 heteroatoms. The first-order valence-corrected chi connectivity index (χ1v) is 9.34. The second-order valence-corrected chi connectivity index (χ2v) is 7.65. The molecule has 3 amide bonds. The molecule has 172 valence electrons. The minimum atomic E-state index is -5.19. The van der Waals surface area contributed by atoms with Gasteiger partial charge in [-0.3, -0.25) is 14.5 Å². The standard InChI is InChI=1S/C19H16F3N3O7.Na.H/c20-19(21,22)17(30)24-6-8-5-10(12(16(28)29)25-11(8)13(24)15(25)27)14(32-18(23)31)7-1-3-9(26)4-2-7;;/h1-4,8,11,13-14,26H,5-6H2,(H2,23,31)(H,28,29);;/t8-,11-,13+,14?;;/m1../s1. The molecule has 0 spiro atoms. The number of carboxylic acid groups (broad SMARTS) is 1. The number of aromatic hydroxyl groups is 1. The molecule has 0 aromatic heterocycles. The zero-order chi connectivity index (χ0) is 23.5. The molecule has 1 aromatic carbocycles. The molecule has 0 bridgehead atoms. The number of phenols is 1. The van der Waals surface area contributed by atoms with E-state index in [9.17, 15) is 42.6 Å². The number of phenolic OH excluding ortho intramolecular Hbond substituents is 1. The van der Waals surface area contributed by atoms with Gasteiger partial charge in [0.1, 0.15) is 17.5 Å². The summed E-state index contributed by atoms with van der Waals surface area (Å²) in [6.45, 7) is -0.425.